The summed E-state index contributed by atoms with van der Waals surface area (Å²) in [6.07, 6.45) is 1.43. The molecule has 2 heterocycles. The van der Waals surface area contributed by atoms with Crippen molar-refractivity contribution < 1.29 is 8.42 Å². The number of aromatic nitrogens is 2. The van der Waals surface area contributed by atoms with Crippen LogP contribution in [0.15, 0.2) is 35.2 Å². The van der Waals surface area contributed by atoms with Gasteiger partial charge in [0.25, 0.3) is 0 Å². The van der Waals surface area contributed by atoms with Gasteiger partial charge in [-0.2, -0.15) is 4.31 Å². The number of anilines is 1. The molecular weight excluding hydrogens is 374 g/mol. The monoisotopic (exact) mass is 395 g/mol. The van der Waals surface area contributed by atoms with Crippen LogP contribution in [0.5, 0.6) is 0 Å². The van der Waals surface area contributed by atoms with Gasteiger partial charge in [-0.05, 0) is 32.0 Å². The van der Waals surface area contributed by atoms with Crippen molar-refractivity contribution in [1.29, 1.82) is 0 Å². The third-order valence-corrected chi connectivity index (χ3v) is 6.74. The molecule has 0 radical (unpaired) electrons. The molecule has 1 fully saturated rings. The minimum absolute atomic E-state index is 0.119. The smallest absolute Gasteiger partial charge is 0.245 e. The van der Waals surface area contributed by atoms with Gasteiger partial charge in [-0.3, -0.25) is 0 Å². The van der Waals surface area contributed by atoms with E-state index in [4.69, 9.17) is 11.6 Å². The van der Waals surface area contributed by atoms with Gasteiger partial charge in [0.15, 0.2) is 0 Å². The summed E-state index contributed by atoms with van der Waals surface area (Å²) in [6, 6.07) is 7.95. The highest BCUT2D eigenvalue weighted by atomic mass is 35.5. The zero-order valence-electron chi connectivity index (χ0n) is 14.7. The number of halogens is 1. The van der Waals surface area contributed by atoms with Crippen molar-refractivity contribution in [2.45, 2.75) is 30.3 Å². The molecule has 140 valence electrons. The second-order valence-corrected chi connectivity index (χ2v) is 8.35. The van der Waals surface area contributed by atoms with Crippen LogP contribution < -0.4 is 10.6 Å². The summed E-state index contributed by atoms with van der Waals surface area (Å²) in [5.74, 6) is 1.18. The zero-order valence-corrected chi connectivity index (χ0v) is 16.3. The van der Waals surface area contributed by atoms with Gasteiger partial charge < -0.3 is 10.6 Å². The Labute approximate surface area is 158 Å². The number of benzene rings is 1. The second kappa shape index (κ2) is 7.87. The van der Waals surface area contributed by atoms with Crippen molar-refractivity contribution in [2.75, 3.05) is 26.0 Å². The van der Waals surface area contributed by atoms with Gasteiger partial charge >= 0.3 is 0 Å². The van der Waals surface area contributed by atoms with Crippen molar-refractivity contribution in [3.8, 4) is 0 Å². The van der Waals surface area contributed by atoms with Crippen molar-refractivity contribution in [2.24, 2.45) is 0 Å². The SMILES string of the molecule is CNCc1cc(NC)nc(C2CCCN2S(=O)(=O)c2ccccc2Cl)n1. The van der Waals surface area contributed by atoms with Crippen LogP contribution in [0.3, 0.4) is 0 Å². The molecule has 1 aromatic heterocycles. The van der Waals surface area contributed by atoms with E-state index in [1.54, 1.807) is 25.2 Å². The predicted octanol–water partition coefficient (Wildman–Crippen LogP) is 2.42. The van der Waals surface area contributed by atoms with Crippen LogP contribution in [-0.4, -0.2) is 43.3 Å². The lowest BCUT2D eigenvalue weighted by Gasteiger charge is -2.24. The summed E-state index contributed by atoms with van der Waals surface area (Å²) in [4.78, 5) is 9.21. The Bertz CT molecular complexity index is 890. The lowest BCUT2D eigenvalue weighted by molar-refractivity contribution is 0.382. The van der Waals surface area contributed by atoms with Gasteiger partial charge in [0.2, 0.25) is 10.0 Å². The van der Waals surface area contributed by atoms with Crippen LogP contribution in [0.4, 0.5) is 5.82 Å². The molecule has 0 bridgehead atoms. The van der Waals surface area contributed by atoms with Crippen LogP contribution in [0, 0.1) is 0 Å². The molecule has 0 spiro atoms. The summed E-state index contributed by atoms with van der Waals surface area (Å²) in [7, 11) is -0.108. The van der Waals surface area contributed by atoms with Crippen LogP contribution in [0.1, 0.15) is 30.4 Å². The van der Waals surface area contributed by atoms with Gasteiger partial charge in [-0.1, -0.05) is 23.7 Å². The fraction of sp³-hybridized carbons (Fsp3) is 0.412. The molecule has 26 heavy (non-hydrogen) atoms. The molecule has 2 aromatic rings. The van der Waals surface area contributed by atoms with E-state index < -0.39 is 16.1 Å². The number of hydrogen-bond donors (Lipinski definition) is 2. The van der Waals surface area contributed by atoms with Gasteiger partial charge in [-0.25, -0.2) is 18.4 Å². The number of hydrogen-bond acceptors (Lipinski definition) is 6. The molecule has 0 saturated carbocycles. The average Bonchev–Trinajstić information content (AvgIpc) is 3.12. The standard InChI is InChI=1S/C17H22ClN5O2S/c1-19-11-12-10-16(20-2)22-17(21-12)14-7-5-9-23(14)26(24,25)15-8-4-3-6-13(15)18/h3-4,6,8,10,14,19H,5,7,9,11H2,1-2H3,(H,20,21,22). The van der Waals surface area contributed by atoms with E-state index in [0.717, 1.165) is 12.1 Å². The lowest BCUT2D eigenvalue weighted by Crippen LogP contribution is -2.32. The Morgan fingerprint density at radius 2 is 2.04 bits per heavy atom. The molecule has 1 aliphatic rings. The maximum atomic E-state index is 13.2. The van der Waals surface area contributed by atoms with E-state index in [-0.39, 0.29) is 9.92 Å². The van der Waals surface area contributed by atoms with Gasteiger partial charge in [0.1, 0.15) is 16.5 Å². The molecule has 0 amide bonds. The third-order valence-electron chi connectivity index (χ3n) is 4.34. The van der Waals surface area contributed by atoms with Crippen molar-refractivity contribution in [3.05, 3.63) is 46.9 Å². The fourth-order valence-corrected chi connectivity index (χ4v) is 5.28. The highest BCUT2D eigenvalue weighted by Crippen LogP contribution is 2.37. The normalized spacial score (nSPS) is 18.2. The van der Waals surface area contributed by atoms with Crippen molar-refractivity contribution in [1.82, 2.24) is 19.6 Å². The molecule has 3 rings (SSSR count). The molecule has 1 aromatic carbocycles. The number of nitrogens with zero attached hydrogens (tertiary/aromatic N) is 3. The predicted molar refractivity (Wildman–Crippen MR) is 102 cm³/mol. The van der Waals surface area contributed by atoms with E-state index in [0.29, 0.717) is 31.2 Å². The van der Waals surface area contributed by atoms with Crippen LogP contribution >= 0.6 is 11.6 Å². The maximum absolute atomic E-state index is 13.2. The zero-order chi connectivity index (χ0) is 18.7. The average molecular weight is 396 g/mol. The highest BCUT2D eigenvalue weighted by Gasteiger charge is 2.38. The first kappa shape index (κ1) is 19.0. The second-order valence-electron chi connectivity index (χ2n) is 6.09. The molecule has 1 unspecified atom stereocenters. The molecule has 9 heteroatoms. The molecular formula is C17H22ClN5O2S. The van der Waals surface area contributed by atoms with E-state index >= 15 is 0 Å². The van der Waals surface area contributed by atoms with E-state index in [1.807, 2.05) is 13.1 Å². The first-order chi connectivity index (χ1) is 12.5. The maximum Gasteiger partial charge on any atom is 0.245 e. The quantitative estimate of drug-likeness (QED) is 0.781. The molecule has 1 atom stereocenters. The molecule has 2 N–H and O–H groups in total. The fourth-order valence-electron chi connectivity index (χ4n) is 3.13. The molecule has 1 saturated heterocycles. The van der Waals surface area contributed by atoms with Gasteiger partial charge in [-0.15, -0.1) is 0 Å². The van der Waals surface area contributed by atoms with E-state index in [1.165, 1.54) is 10.4 Å². The topological polar surface area (TPSA) is 87.2 Å². The van der Waals surface area contributed by atoms with E-state index in [2.05, 4.69) is 20.6 Å². The Morgan fingerprint density at radius 1 is 1.27 bits per heavy atom. The Balaban J connectivity index is 2.01. The largest absolute Gasteiger partial charge is 0.373 e. The van der Waals surface area contributed by atoms with Gasteiger partial charge in [0.05, 0.1) is 16.8 Å². The van der Waals surface area contributed by atoms with Crippen molar-refractivity contribution >= 4 is 27.4 Å². The summed E-state index contributed by atoms with van der Waals surface area (Å²) in [5, 5.41) is 6.30. The minimum Gasteiger partial charge on any atom is -0.373 e. The molecule has 0 aliphatic carbocycles. The summed E-state index contributed by atoms with van der Waals surface area (Å²) in [6.45, 7) is 1.00. The minimum atomic E-state index is -3.73. The first-order valence-corrected chi connectivity index (χ1v) is 10.3. The number of rotatable bonds is 6. The third kappa shape index (κ3) is 3.68. The summed E-state index contributed by atoms with van der Waals surface area (Å²) in [5.41, 5.74) is 0.809. The Morgan fingerprint density at radius 3 is 2.73 bits per heavy atom. The number of sulfonamides is 1. The van der Waals surface area contributed by atoms with Crippen LogP contribution in [-0.2, 0) is 16.6 Å². The van der Waals surface area contributed by atoms with Crippen LogP contribution in [0.25, 0.3) is 0 Å². The van der Waals surface area contributed by atoms with E-state index in [9.17, 15) is 8.42 Å². The first-order valence-electron chi connectivity index (χ1n) is 8.44. The summed E-state index contributed by atoms with van der Waals surface area (Å²) >= 11 is 6.14. The molecule has 7 nitrogen and oxygen atoms in total. The highest BCUT2D eigenvalue weighted by molar-refractivity contribution is 7.89. The van der Waals surface area contributed by atoms with Gasteiger partial charge in [0, 0.05) is 26.2 Å². The summed E-state index contributed by atoms with van der Waals surface area (Å²) < 4.78 is 27.8. The molecule has 1 aliphatic heterocycles. The van der Waals surface area contributed by atoms with Crippen LogP contribution in [0.2, 0.25) is 5.02 Å². The Kier molecular flexibility index (Phi) is 5.76. The Hall–Kier alpha value is -1.74. The number of nitrogens with one attached hydrogen (secondary N) is 2. The lowest BCUT2D eigenvalue weighted by atomic mass is 10.2. The van der Waals surface area contributed by atoms with Crippen molar-refractivity contribution in [3.63, 3.8) is 0 Å².